The predicted molar refractivity (Wildman–Crippen MR) is 103 cm³/mol. The molecule has 3 rings (SSSR count). The van der Waals surface area contributed by atoms with E-state index in [1.54, 1.807) is 43.5 Å². The maximum absolute atomic E-state index is 12.7. The van der Waals surface area contributed by atoms with Gasteiger partial charge in [-0.2, -0.15) is 13.2 Å². The first kappa shape index (κ1) is 20.7. The predicted octanol–water partition coefficient (Wildman–Crippen LogP) is 4.89. The summed E-state index contributed by atoms with van der Waals surface area (Å²) in [5, 5.41) is 0. The van der Waals surface area contributed by atoms with Crippen molar-refractivity contribution in [3.8, 4) is 17.0 Å². The van der Waals surface area contributed by atoms with Gasteiger partial charge in [-0.3, -0.25) is 9.71 Å². The topological polar surface area (TPSA) is 68.3 Å². The van der Waals surface area contributed by atoms with Gasteiger partial charge >= 0.3 is 6.18 Å². The number of sulfonamides is 1. The average molecular weight is 422 g/mol. The van der Waals surface area contributed by atoms with Crippen LogP contribution in [0.15, 0.2) is 65.7 Å². The molecule has 1 N–H and O–H groups in total. The highest BCUT2D eigenvalue weighted by atomic mass is 32.2. The molecule has 0 aliphatic rings. The number of benzene rings is 2. The Hall–Kier alpha value is -3.07. The molecule has 1 heterocycles. The molecule has 0 bridgehead atoms. The summed E-state index contributed by atoms with van der Waals surface area (Å²) in [6.45, 7) is 1.72. The molecule has 29 heavy (non-hydrogen) atoms. The van der Waals surface area contributed by atoms with Gasteiger partial charge in [0.25, 0.3) is 10.0 Å². The van der Waals surface area contributed by atoms with Gasteiger partial charge in [0.15, 0.2) is 0 Å². The number of anilines is 1. The van der Waals surface area contributed by atoms with Crippen molar-refractivity contribution in [1.82, 2.24) is 4.98 Å². The fraction of sp³-hybridized carbons (Fsp3) is 0.150. The minimum atomic E-state index is -4.54. The van der Waals surface area contributed by atoms with Crippen molar-refractivity contribution >= 4 is 15.7 Å². The molecule has 3 aromatic rings. The lowest BCUT2D eigenvalue weighted by atomic mass is 10.1. The molecule has 0 saturated heterocycles. The molecule has 5 nitrogen and oxygen atoms in total. The van der Waals surface area contributed by atoms with Gasteiger partial charge in [-0.1, -0.05) is 12.1 Å². The SMILES string of the molecule is COc1ccc(-c2ccc(C)c(NS(=O)(=O)c3ccc(C(F)(F)F)cc3)c2)nc1. The Labute approximate surface area is 166 Å². The van der Waals surface area contributed by atoms with Crippen LogP contribution in [0.25, 0.3) is 11.3 Å². The second-order valence-corrected chi connectivity index (χ2v) is 7.92. The van der Waals surface area contributed by atoms with Crippen LogP contribution in [0.2, 0.25) is 0 Å². The van der Waals surface area contributed by atoms with Crippen LogP contribution in [-0.4, -0.2) is 20.5 Å². The van der Waals surface area contributed by atoms with Crippen LogP contribution in [0.3, 0.4) is 0 Å². The average Bonchev–Trinajstić information content (AvgIpc) is 2.69. The van der Waals surface area contributed by atoms with Crippen LogP contribution in [-0.2, 0) is 16.2 Å². The summed E-state index contributed by atoms with van der Waals surface area (Å²) in [7, 11) is -2.54. The van der Waals surface area contributed by atoms with E-state index < -0.39 is 21.8 Å². The summed E-state index contributed by atoms with van der Waals surface area (Å²) in [5.74, 6) is 0.587. The van der Waals surface area contributed by atoms with Crippen molar-refractivity contribution in [2.24, 2.45) is 0 Å². The van der Waals surface area contributed by atoms with Crippen LogP contribution >= 0.6 is 0 Å². The molecule has 0 aliphatic carbocycles. The monoisotopic (exact) mass is 422 g/mol. The highest BCUT2D eigenvalue weighted by Gasteiger charge is 2.30. The van der Waals surface area contributed by atoms with Gasteiger partial charge in [0.05, 0.1) is 35.1 Å². The highest BCUT2D eigenvalue weighted by molar-refractivity contribution is 7.92. The van der Waals surface area contributed by atoms with Crippen molar-refractivity contribution < 1.29 is 26.3 Å². The number of ether oxygens (including phenoxy) is 1. The van der Waals surface area contributed by atoms with E-state index in [9.17, 15) is 21.6 Å². The standard InChI is InChI=1S/C20H17F3N2O3S/c1-13-3-4-14(18-10-7-16(28-2)12-24-18)11-19(13)25-29(26,27)17-8-5-15(6-9-17)20(21,22)23/h3-12,25H,1-2H3. The van der Waals surface area contributed by atoms with Gasteiger partial charge in [0, 0.05) is 5.56 Å². The summed E-state index contributed by atoms with van der Waals surface area (Å²) in [4.78, 5) is 4.00. The molecule has 2 aromatic carbocycles. The third kappa shape index (κ3) is 4.68. The maximum Gasteiger partial charge on any atom is 0.416 e. The Bertz CT molecular complexity index is 1110. The Kier molecular flexibility index (Phi) is 5.52. The fourth-order valence-corrected chi connectivity index (χ4v) is 3.71. The quantitative estimate of drug-likeness (QED) is 0.636. The molecule has 0 amide bonds. The van der Waals surface area contributed by atoms with E-state index in [4.69, 9.17) is 4.74 Å². The molecule has 0 radical (unpaired) electrons. The lowest BCUT2D eigenvalue weighted by Crippen LogP contribution is -2.14. The number of aromatic nitrogens is 1. The summed E-state index contributed by atoms with van der Waals surface area (Å²) < 4.78 is 70.8. The largest absolute Gasteiger partial charge is 0.495 e. The molecule has 9 heteroatoms. The van der Waals surface area contributed by atoms with Gasteiger partial charge in [-0.25, -0.2) is 8.42 Å². The zero-order chi connectivity index (χ0) is 21.2. The van der Waals surface area contributed by atoms with Crippen molar-refractivity contribution in [2.75, 3.05) is 11.8 Å². The van der Waals surface area contributed by atoms with E-state index in [2.05, 4.69) is 9.71 Å². The van der Waals surface area contributed by atoms with Gasteiger partial charge in [0.2, 0.25) is 0 Å². The van der Waals surface area contributed by atoms with Gasteiger partial charge in [-0.15, -0.1) is 0 Å². The Morgan fingerprint density at radius 3 is 2.24 bits per heavy atom. The van der Waals surface area contributed by atoms with E-state index in [1.807, 2.05) is 0 Å². The molecule has 0 saturated carbocycles. The zero-order valence-corrected chi connectivity index (χ0v) is 16.3. The molecule has 152 valence electrons. The number of nitrogens with one attached hydrogen (secondary N) is 1. The number of aryl methyl sites for hydroxylation is 1. The zero-order valence-electron chi connectivity index (χ0n) is 15.5. The summed E-state index contributed by atoms with van der Waals surface area (Å²) >= 11 is 0. The first-order chi connectivity index (χ1) is 13.6. The van der Waals surface area contributed by atoms with Crippen LogP contribution in [0.1, 0.15) is 11.1 Å². The lowest BCUT2D eigenvalue weighted by molar-refractivity contribution is -0.137. The number of nitrogens with zero attached hydrogens (tertiary/aromatic N) is 1. The van der Waals surface area contributed by atoms with Gasteiger partial charge in [-0.05, 0) is 55.0 Å². The molecular formula is C20H17F3N2O3S. The number of methoxy groups -OCH3 is 1. The normalized spacial score (nSPS) is 11.9. The molecule has 0 atom stereocenters. The number of alkyl halides is 3. The minimum absolute atomic E-state index is 0.266. The van der Waals surface area contributed by atoms with Crippen molar-refractivity contribution in [1.29, 1.82) is 0 Å². The number of halogens is 3. The molecule has 0 fully saturated rings. The third-order valence-corrected chi connectivity index (χ3v) is 5.62. The van der Waals surface area contributed by atoms with E-state index in [-0.39, 0.29) is 4.90 Å². The second kappa shape index (κ2) is 7.75. The van der Waals surface area contributed by atoms with Crippen LogP contribution in [0, 0.1) is 6.92 Å². The van der Waals surface area contributed by atoms with Crippen LogP contribution in [0.5, 0.6) is 5.75 Å². The van der Waals surface area contributed by atoms with E-state index >= 15 is 0 Å². The van der Waals surface area contributed by atoms with Crippen LogP contribution in [0.4, 0.5) is 18.9 Å². The first-order valence-electron chi connectivity index (χ1n) is 8.41. The summed E-state index contributed by atoms with van der Waals surface area (Å²) in [6, 6.07) is 11.9. The van der Waals surface area contributed by atoms with Crippen molar-refractivity contribution in [2.45, 2.75) is 18.0 Å². The maximum atomic E-state index is 12.7. The van der Waals surface area contributed by atoms with Crippen LogP contribution < -0.4 is 9.46 Å². The molecular weight excluding hydrogens is 405 g/mol. The number of hydrogen-bond donors (Lipinski definition) is 1. The van der Waals surface area contributed by atoms with E-state index in [0.717, 1.165) is 24.3 Å². The van der Waals surface area contributed by atoms with Crippen molar-refractivity contribution in [3.63, 3.8) is 0 Å². The highest BCUT2D eigenvalue weighted by Crippen LogP contribution is 2.31. The fourth-order valence-electron chi connectivity index (χ4n) is 2.59. The Morgan fingerprint density at radius 2 is 1.69 bits per heavy atom. The van der Waals surface area contributed by atoms with E-state index in [0.29, 0.717) is 28.3 Å². The lowest BCUT2D eigenvalue weighted by Gasteiger charge is -2.13. The molecule has 0 unspecified atom stereocenters. The molecule has 1 aromatic heterocycles. The summed E-state index contributed by atoms with van der Waals surface area (Å²) in [6.07, 6.45) is -2.99. The molecule has 0 spiro atoms. The number of pyridine rings is 1. The number of hydrogen-bond acceptors (Lipinski definition) is 4. The Balaban J connectivity index is 1.90. The Morgan fingerprint density at radius 1 is 1.00 bits per heavy atom. The smallest absolute Gasteiger partial charge is 0.416 e. The number of rotatable bonds is 5. The molecule has 0 aliphatic heterocycles. The van der Waals surface area contributed by atoms with Gasteiger partial charge in [0.1, 0.15) is 5.75 Å². The van der Waals surface area contributed by atoms with Gasteiger partial charge < -0.3 is 4.74 Å². The second-order valence-electron chi connectivity index (χ2n) is 6.24. The first-order valence-corrected chi connectivity index (χ1v) is 9.89. The minimum Gasteiger partial charge on any atom is -0.495 e. The third-order valence-electron chi connectivity index (χ3n) is 4.24. The van der Waals surface area contributed by atoms with E-state index in [1.165, 1.54) is 7.11 Å². The summed E-state index contributed by atoms with van der Waals surface area (Å²) in [5.41, 5.74) is 1.32. The van der Waals surface area contributed by atoms with Crippen molar-refractivity contribution in [3.05, 3.63) is 71.9 Å².